The molecule has 0 aromatic heterocycles. The van der Waals surface area contributed by atoms with Gasteiger partial charge in [0, 0.05) is 11.6 Å². The minimum Gasteiger partial charge on any atom is -0.480 e. The molecule has 0 saturated heterocycles. The van der Waals surface area contributed by atoms with Crippen molar-refractivity contribution >= 4 is 5.97 Å². The van der Waals surface area contributed by atoms with Crippen LogP contribution in [0.25, 0.3) is 0 Å². The van der Waals surface area contributed by atoms with Gasteiger partial charge in [0.1, 0.15) is 0 Å². The van der Waals surface area contributed by atoms with Gasteiger partial charge in [-0.15, -0.1) is 0 Å². The van der Waals surface area contributed by atoms with Gasteiger partial charge in [0.15, 0.2) is 0 Å². The highest BCUT2D eigenvalue weighted by Crippen LogP contribution is 2.28. The van der Waals surface area contributed by atoms with Gasteiger partial charge in [0.05, 0.1) is 6.54 Å². The molecule has 0 aliphatic heterocycles. The zero-order valence-corrected chi connectivity index (χ0v) is 13.5. The first-order valence-electron chi connectivity index (χ1n) is 7.21. The fourth-order valence-electron chi connectivity index (χ4n) is 2.44. The number of nitrogens with zero attached hydrogens (tertiary/aromatic N) is 1. The maximum Gasteiger partial charge on any atom is 0.317 e. The van der Waals surface area contributed by atoms with E-state index < -0.39 is 5.97 Å². The fourth-order valence-corrected chi connectivity index (χ4v) is 2.44. The van der Waals surface area contributed by atoms with Crippen molar-refractivity contribution in [3.8, 4) is 0 Å². The third kappa shape index (κ3) is 4.34. The molecule has 112 valence electrons. The van der Waals surface area contributed by atoms with Crippen molar-refractivity contribution < 1.29 is 9.90 Å². The minimum atomic E-state index is -0.787. The summed E-state index contributed by atoms with van der Waals surface area (Å²) in [4.78, 5) is 13.1. The van der Waals surface area contributed by atoms with Crippen LogP contribution in [0.1, 0.15) is 64.6 Å². The lowest BCUT2D eigenvalue weighted by atomic mass is 9.96. The summed E-state index contributed by atoms with van der Waals surface area (Å²) in [5.74, 6) is -0.275. The third-order valence-electron chi connectivity index (χ3n) is 3.72. The van der Waals surface area contributed by atoms with Gasteiger partial charge in [-0.1, -0.05) is 38.1 Å². The Morgan fingerprint density at radius 3 is 1.90 bits per heavy atom. The van der Waals surface area contributed by atoms with Crippen molar-refractivity contribution in [2.24, 2.45) is 0 Å². The van der Waals surface area contributed by atoms with Gasteiger partial charge >= 0.3 is 5.97 Å². The molecule has 1 aromatic carbocycles. The molecule has 0 fully saturated rings. The molecule has 0 amide bonds. The largest absolute Gasteiger partial charge is 0.480 e. The molecule has 1 unspecified atom stereocenters. The number of rotatable bonds is 5. The molecule has 3 nitrogen and oxygen atoms in total. The summed E-state index contributed by atoms with van der Waals surface area (Å²) in [7, 11) is 0. The zero-order chi connectivity index (χ0) is 15.5. The topological polar surface area (TPSA) is 40.5 Å². The minimum absolute atomic E-state index is 0.0522. The molecule has 0 bridgehead atoms. The summed E-state index contributed by atoms with van der Waals surface area (Å²) < 4.78 is 0. The summed E-state index contributed by atoms with van der Waals surface area (Å²) in [6.07, 6.45) is 0. The normalized spacial score (nSPS) is 13.8. The van der Waals surface area contributed by atoms with Crippen LogP contribution >= 0.6 is 0 Å². The summed E-state index contributed by atoms with van der Waals surface area (Å²) >= 11 is 0. The van der Waals surface area contributed by atoms with E-state index >= 15 is 0 Å². The van der Waals surface area contributed by atoms with E-state index in [0.29, 0.717) is 5.92 Å². The summed E-state index contributed by atoms with van der Waals surface area (Å²) in [6.45, 7) is 12.6. The number of carbonyl (C=O) groups is 1. The quantitative estimate of drug-likeness (QED) is 0.882. The Kier molecular flexibility index (Phi) is 5.35. The maximum atomic E-state index is 11.1. The van der Waals surface area contributed by atoms with E-state index in [0.717, 1.165) is 5.56 Å². The van der Waals surface area contributed by atoms with Crippen molar-refractivity contribution in [3.63, 3.8) is 0 Å². The van der Waals surface area contributed by atoms with Gasteiger partial charge in [-0.3, -0.25) is 9.69 Å². The van der Waals surface area contributed by atoms with Crippen LogP contribution in [0, 0.1) is 0 Å². The Morgan fingerprint density at radius 2 is 1.55 bits per heavy atom. The molecule has 1 aromatic rings. The SMILES string of the molecule is CC(C)c1ccc(C(C)N(CC(=O)O)C(C)(C)C)cc1. The van der Waals surface area contributed by atoms with Crippen LogP contribution < -0.4 is 0 Å². The average Bonchev–Trinajstić information content (AvgIpc) is 2.33. The Labute approximate surface area is 122 Å². The summed E-state index contributed by atoms with van der Waals surface area (Å²) in [5.41, 5.74) is 2.28. The molecule has 20 heavy (non-hydrogen) atoms. The molecule has 0 aliphatic rings. The highest BCUT2D eigenvalue weighted by molar-refractivity contribution is 5.69. The van der Waals surface area contributed by atoms with Gasteiger partial charge in [0.25, 0.3) is 0 Å². The van der Waals surface area contributed by atoms with Crippen LogP contribution in [0.15, 0.2) is 24.3 Å². The number of carboxylic acid groups (broad SMARTS) is 1. The molecule has 0 spiro atoms. The van der Waals surface area contributed by atoms with Crippen LogP contribution in [0.3, 0.4) is 0 Å². The lowest BCUT2D eigenvalue weighted by Crippen LogP contribution is -2.45. The van der Waals surface area contributed by atoms with Crippen LogP contribution in [-0.4, -0.2) is 28.1 Å². The molecule has 3 heteroatoms. The van der Waals surface area contributed by atoms with Crippen molar-refractivity contribution in [2.75, 3.05) is 6.54 Å². The second kappa shape index (κ2) is 6.40. The molecule has 1 rings (SSSR count). The smallest absolute Gasteiger partial charge is 0.317 e. The number of aliphatic carboxylic acids is 1. The van der Waals surface area contributed by atoms with E-state index in [1.54, 1.807) is 0 Å². The summed E-state index contributed by atoms with van der Waals surface area (Å²) in [5, 5.41) is 9.12. The van der Waals surface area contributed by atoms with E-state index in [1.807, 2.05) is 4.90 Å². The highest BCUT2D eigenvalue weighted by Gasteiger charge is 2.28. The Bertz CT molecular complexity index is 443. The van der Waals surface area contributed by atoms with Crippen molar-refractivity contribution in [1.29, 1.82) is 0 Å². The van der Waals surface area contributed by atoms with Gasteiger partial charge in [0.2, 0.25) is 0 Å². The van der Waals surface area contributed by atoms with Crippen LogP contribution in [0.2, 0.25) is 0 Å². The van der Waals surface area contributed by atoms with Crippen LogP contribution in [0.4, 0.5) is 0 Å². The Morgan fingerprint density at radius 1 is 1.10 bits per heavy atom. The third-order valence-corrected chi connectivity index (χ3v) is 3.72. The Hall–Kier alpha value is -1.35. The first-order valence-corrected chi connectivity index (χ1v) is 7.21. The van der Waals surface area contributed by atoms with Gasteiger partial charge in [-0.05, 0) is 44.7 Å². The number of benzene rings is 1. The molecule has 1 N–H and O–H groups in total. The van der Waals surface area contributed by atoms with Crippen molar-refractivity contribution in [1.82, 2.24) is 4.90 Å². The number of hydrogen-bond donors (Lipinski definition) is 1. The second-order valence-electron chi connectivity index (χ2n) is 6.69. The lowest BCUT2D eigenvalue weighted by molar-refractivity contribution is -0.140. The number of carboxylic acids is 1. The van der Waals surface area contributed by atoms with E-state index in [1.165, 1.54) is 5.56 Å². The predicted molar refractivity (Wildman–Crippen MR) is 83.0 cm³/mol. The van der Waals surface area contributed by atoms with E-state index in [2.05, 4.69) is 65.8 Å². The second-order valence-corrected chi connectivity index (χ2v) is 6.69. The lowest BCUT2D eigenvalue weighted by Gasteiger charge is -2.39. The predicted octanol–water partition coefficient (Wildman–Crippen LogP) is 4.06. The zero-order valence-electron chi connectivity index (χ0n) is 13.5. The number of hydrogen-bond acceptors (Lipinski definition) is 2. The molecular formula is C17H27NO2. The van der Waals surface area contributed by atoms with Crippen LogP contribution in [-0.2, 0) is 4.79 Å². The van der Waals surface area contributed by atoms with E-state index in [4.69, 9.17) is 5.11 Å². The van der Waals surface area contributed by atoms with Crippen LogP contribution in [0.5, 0.6) is 0 Å². The Balaban J connectivity index is 2.99. The highest BCUT2D eigenvalue weighted by atomic mass is 16.4. The molecule has 0 aliphatic carbocycles. The standard InChI is InChI=1S/C17H27NO2/c1-12(2)14-7-9-15(10-8-14)13(3)18(11-16(19)20)17(4,5)6/h7-10,12-13H,11H2,1-6H3,(H,19,20). The van der Waals surface area contributed by atoms with E-state index in [9.17, 15) is 4.79 Å². The van der Waals surface area contributed by atoms with Gasteiger partial charge in [-0.25, -0.2) is 0 Å². The first-order chi connectivity index (χ1) is 9.12. The van der Waals surface area contributed by atoms with E-state index in [-0.39, 0.29) is 18.1 Å². The molecule has 0 saturated carbocycles. The molecule has 1 atom stereocenters. The molecule has 0 radical (unpaired) electrons. The van der Waals surface area contributed by atoms with Crippen molar-refractivity contribution in [3.05, 3.63) is 35.4 Å². The first kappa shape index (κ1) is 16.7. The maximum absolute atomic E-state index is 11.1. The monoisotopic (exact) mass is 277 g/mol. The average molecular weight is 277 g/mol. The molecule has 0 heterocycles. The van der Waals surface area contributed by atoms with Gasteiger partial charge < -0.3 is 5.11 Å². The van der Waals surface area contributed by atoms with Crippen molar-refractivity contribution in [2.45, 2.75) is 59.0 Å². The summed E-state index contributed by atoms with van der Waals surface area (Å²) in [6, 6.07) is 8.57. The fraction of sp³-hybridized carbons (Fsp3) is 0.588. The van der Waals surface area contributed by atoms with Gasteiger partial charge in [-0.2, -0.15) is 0 Å². The molecular weight excluding hydrogens is 250 g/mol.